The molecule has 1 spiro atoms. The minimum atomic E-state index is -1.03. The van der Waals surface area contributed by atoms with Crippen molar-refractivity contribution in [1.29, 1.82) is 0 Å². The molecule has 0 aromatic heterocycles. The van der Waals surface area contributed by atoms with Crippen molar-refractivity contribution in [3.8, 4) is 0 Å². The van der Waals surface area contributed by atoms with E-state index in [0.29, 0.717) is 13.0 Å². The number of carbonyl (C=O) groups is 3. The number of hydrogen-bond donors (Lipinski definition) is 1. The fourth-order valence-corrected chi connectivity index (χ4v) is 4.48. The third-order valence-corrected chi connectivity index (χ3v) is 5.92. The second kappa shape index (κ2) is 6.96. The Balaban J connectivity index is 1.44. The van der Waals surface area contributed by atoms with Crippen molar-refractivity contribution >= 4 is 17.9 Å². The molecule has 3 aliphatic rings. The highest BCUT2D eigenvalue weighted by atomic mass is 16.5. The SMILES string of the molecule is CCN1CCCC(OC(=O)CN2C(=O)NC3(CCc4ccccc43)C2=O)C1. The van der Waals surface area contributed by atoms with Gasteiger partial charge < -0.3 is 10.1 Å². The summed E-state index contributed by atoms with van der Waals surface area (Å²) >= 11 is 0. The monoisotopic (exact) mass is 371 g/mol. The average Bonchev–Trinajstić information content (AvgIpc) is 3.15. The summed E-state index contributed by atoms with van der Waals surface area (Å²) in [6.45, 7) is 4.38. The molecule has 1 aromatic rings. The quantitative estimate of drug-likeness (QED) is 0.639. The van der Waals surface area contributed by atoms with Crippen LogP contribution in [0.25, 0.3) is 0 Å². The number of nitrogens with zero attached hydrogens (tertiary/aromatic N) is 2. The summed E-state index contributed by atoms with van der Waals surface area (Å²) < 4.78 is 5.55. The first kappa shape index (κ1) is 18.0. The molecule has 2 fully saturated rings. The van der Waals surface area contributed by atoms with Crippen LogP contribution in [0.5, 0.6) is 0 Å². The highest BCUT2D eigenvalue weighted by Crippen LogP contribution is 2.41. The number of urea groups is 1. The Morgan fingerprint density at radius 3 is 2.96 bits per heavy atom. The molecule has 7 heteroatoms. The molecule has 2 unspecified atom stereocenters. The Labute approximate surface area is 158 Å². The zero-order valence-electron chi connectivity index (χ0n) is 15.6. The summed E-state index contributed by atoms with van der Waals surface area (Å²) in [5.41, 5.74) is 0.875. The lowest BCUT2D eigenvalue weighted by Gasteiger charge is -2.31. The van der Waals surface area contributed by atoms with Crippen molar-refractivity contribution < 1.29 is 19.1 Å². The van der Waals surface area contributed by atoms with Gasteiger partial charge in [0.05, 0.1) is 0 Å². The first-order chi connectivity index (χ1) is 13.0. The van der Waals surface area contributed by atoms with Crippen molar-refractivity contribution in [3.05, 3.63) is 35.4 Å². The molecule has 0 saturated carbocycles. The van der Waals surface area contributed by atoms with Gasteiger partial charge >= 0.3 is 12.0 Å². The van der Waals surface area contributed by atoms with Gasteiger partial charge in [-0.3, -0.25) is 19.4 Å². The van der Waals surface area contributed by atoms with Crippen LogP contribution in [0.4, 0.5) is 4.79 Å². The van der Waals surface area contributed by atoms with Crippen LogP contribution in [0.15, 0.2) is 24.3 Å². The third-order valence-electron chi connectivity index (χ3n) is 5.92. The van der Waals surface area contributed by atoms with Crippen LogP contribution in [0.2, 0.25) is 0 Å². The molecule has 27 heavy (non-hydrogen) atoms. The summed E-state index contributed by atoms with van der Waals surface area (Å²) in [4.78, 5) is 41.1. The second-order valence-corrected chi connectivity index (χ2v) is 7.53. The molecule has 2 saturated heterocycles. The Kier molecular flexibility index (Phi) is 4.63. The van der Waals surface area contributed by atoms with Gasteiger partial charge in [-0.1, -0.05) is 31.2 Å². The Bertz CT molecular complexity index is 780. The van der Waals surface area contributed by atoms with Crippen LogP contribution in [0.3, 0.4) is 0 Å². The molecular weight excluding hydrogens is 346 g/mol. The molecule has 1 N–H and O–H groups in total. The maximum atomic E-state index is 13.1. The van der Waals surface area contributed by atoms with Crippen molar-refractivity contribution in [2.24, 2.45) is 0 Å². The van der Waals surface area contributed by atoms with Crippen LogP contribution >= 0.6 is 0 Å². The smallest absolute Gasteiger partial charge is 0.326 e. The maximum Gasteiger partial charge on any atom is 0.326 e. The fraction of sp³-hybridized carbons (Fsp3) is 0.550. The van der Waals surface area contributed by atoms with Crippen LogP contribution < -0.4 is 5.32 Å². The number of benzene rings is 1. The van der Waals surface area contributed by atoms with Crippen molar-refractivity contribution in [1.82, 2.24) is 15.1 Å². The van der Waals surface area contributed by atoms with Crippen molar-refractivity contribution in [2.75, 3.05) is 26.2 Å². The molecule has 144 valence electrons. The Morgan fingerprint density at radius 2 is 2.15 bits per heavy atom. The van der Waals surface area contributed by atoms with E-state index in [4.69, 9.17) is 4.74 Å². The van der Waals surface area contributed by atoms with E-state index in [1.54, 1.807) is 0 Å². The number of ether oxygens (including phenoxy) is 1. The topological polar surface area (TPSA) is 79.0 Å². The largest absolute Gasteiger partial charge is 0.460 e. The molecule has 2 atom stereocenters. The lowest BCUT2D eigenvalue weighted by molar-refractivity contribution is -0.154. The summed E-state index contributed by atoms with van der Waals surface area (Å²) in [6, 6.07) is 7.13. The first-order valence-corrected chi connectivity index (χ1v) is 9.68. The molecule has 1 aromatic carbocycles. The number of aryl methyl sites for hydroxylation is 1. The van der Waals surface area contributed by atoms with Crippen LogP contribution in [0.1, 0.15) is 37.3 Å². The summed E-state index contributed by atoms with van der Waals surface area (Å²) in [5.74, 6) is -0.877. The van der Waals surface area contributed by atoms with E-state index in [1.807, 2.05) is 24.3 Å². The zero-order valence-corrected chi connectivity index (χ0v) is 15.6. The number of hydrogen-bond acceptors (Lipinski definition) is 5. The standard InChI is InChI=1S/C20H25N3O4/c1-2-22-11-5-7-15(12-22)27-17(24)13-23-18(25)20(21-19(23)26)10-9-14-6-3-4-8-16(14)20/h3-4,6,8,15H,2,5,7,9-13H2,1H3,(H,21,26). The van der Waals surface area contributed by atoms with Gasteiger partial charge in [0.2, 0.25) is 0 Å². The van der Waals surface area contributed by atoms with E-state index in [-0.39, 0.29) is 18.6 Å². The molecule has 2 heterocycles. The summed E-state index contributed by atoms with van der Waals surface area (Å²) in [6.07, 6.45) is 2.88. The number of amides is 3. The van der Waals surface area contributed by atoms with Crippen molar-refractivity contribution in [2.45, 2.75) is 44.2 Å². The molecule has 7 nitrogen and oxygen atoms in total. The van der Waals surface area contributed by atoms with Crippen molar-refractivity contribution in [3.63, 3.8) is 0 Å². The summed E-state index contributed by atoms with van der Waals surface area (Å²) in [7, 11) is 0. The number of carbonyl (C=O) groups excluding carboxylic acids is 3. The van der Waals surface area contributed by atoms with E-state index in [9.17, 15) is 14.4 Å². The molecular formula is C20H25N3O4. The Morgan fingerprint density at radius 1 is 1.33 bits per heavy atom. The van der Waals surface area contributed by atoms with E-state index >= 15 is 0 Å². The summed E-state index contributed by atoms with van der Waals surface area (Å²) in [5, 5.41) is 2.83. The van der Waals surface area contributed by atoms with Crippen LogP contribution in [-0.2, 0) is 26.3 Å². The first-order valence-electron chi connectivity index (χ1n) is 9.68. The van der Waals surface area contributed by atoms with E-state index in [1.165, 1.54) is 0 Å². The van der Waals surface area contributed by atoms with Gasteiger partial charge in [0.1, 0.15) is 18.2 Å². The minimum Gasteiger partial charge on any atom is -0.460 e. The number of piperidine rings is 1. The highest BCUT2D eigenvalue weighted by molar-refractivity contribution is 6.09. The molecule has 3 amide bonds. The number of likely N-dealkylation sites (tertiary alicyclic amines) is 1. The van der Waals surface area contributed by atoms with E-state index in [0.717, 1.165) is 48.4 Å². The predicted octanol–water partition coefficient (Wildman–Crippen LogP) is 1.41. The lowest BCUT2D eigenvalue weighted by atomic mass is 9.92. The molecule has 2 aliphatic heterocycles. The van der Waals surface area contributed by atoms with Gasteiger partial charge in [-0.15, -0.1) is 0 Å². The maximum absolute atomic E-state index is 13.1. The minimum absolute atomic E-state index is 0.173. The van der Waals surface area contributed by atoms with Crippen LogP contribution in [-0.4, -0.2) is 60.0 Å². The van der Waals surface area contributed by atoms with E-state index < -0.39 is 17.5 Å². The van der Waals surface area contributed by atoms with E-state index in [2.05, 4.69) is 17.1 Å². The fourth-order valence-electron chi connectivity index (χ4n) is 4.48. The normalized spacial score (nSPS) is 27.7. The Hall–Kier alpha value is -2.41. The van der Waals surface area contributed by atoms with Gasteiger partial charge in [0.15, 0.2) is 0 Å². The van der Waals surface area contributed by atoms with Gasteiger partial charge in [-0.05, 0) is 49.9 Å². The number of esters is 1. The number of likely N-dealkylation sites (N-methyl/N-ethyl adjacent to an activating group) is 1. The molecule has 4 rings (SSSR count). The molecule has 1 aliphatic carbocycles. The third kappa shape index (κ3) is 3.10. The lowest BCUT2D eigenvalue weighted by Crippen LogP contribution is -2.44. The van der Waals surface area contributed by atoms with Gasteiger partial charge in [0, 0.05) is 6.54 Å². The number of rotatable bonds is 4. The number of nitrogens with one attached hydrogen (secondary N) is 1. The zero-order chi connectivity index (χ0) is 19.0. The van der Waals surface area contributed by atoms with Gasteiger partial charge in [-0.2, -0.15) is 0 Å². The average molecular weight is 371 g/mol. The van der Waals surface area contributed by atoms with Gasteiger partial charge in [0.25, 0.3) is 5.91 Å². The highest BCUT2D eigenvalue weighted by Gasteiger charge is 2.55. The second-order valence-electron chi connectivity index (χ2n) is 7.53. The number of imide groups is 1. The predicted molar refractivity (Wildman–Crippen MR) is 97.9 cm³/mol. The van der Waals surface area contributed by atoms with Gasteiger partial charge in [-0.25, -0.2) is 4.79 Å². The number of fused-ring (bicyclic) bond motifs is 2. The van der Waals surface area contributed by atoms with Crippen LogP contribution in [0, 0.1) is 0 Å². The molecule has 0 bridgehead atoms. The molecule has 0 radical (unpaired) electrons.